The van der Waals surface area contributed by atoms with Gasteiger partial charge in [0.2, 0.25) is 5.82 Å². The first-order chi connectivity index (χ1) is 10.9. The summed E-state index contributed by atoms with van der Waals surface area (Å²) in [5.74, 6) is 0.690. The van der Waals surface area contributed by atoms with Gasteiger partial charge < -0.3 is 14.5 Å². The topological polar surface area (TPSA) is 63.6 Å². The van der Waals surface area contributed by atoms with Crippen LogP contribution in [0.25, 0.3) is 11.4 Å². The molecule has 1 aliphatic rings. The molecule has 1 saturated heterocycles. The lowest BCUT2D eigenvalue weighted by Crippen LogP contribution is -3.12. The minimum atomic E-state index is -4.36. The largest absolute Gasteiger partial charge is 0.416 e. The molecule has 2 N–H and O–H groups in total. The van der Waals surface area contributed by atoms with Gasteiger partial charge >= 0.3 is 6.18 Å². The number of hydrogen-bond donors (Lipinski definition) is 2. The molecule has 0 aliphatic carbocycles. The zero-order valence-corrected chi connectivity index (χ0v) is 12.3. The fraction of sp³-hybridized carbons (Fsp3) is 0.467. The number of rotatable bonds is 3. The fourth-order valence-electron chi connectivity index (χ4n) is 2.75. The highest BCUT2D eigenvalue weighted by molar-refractivity contribution is 5.54. The summed E-state index contributed by atoms with van der Waals surface area (Å²) in [7, 11) is 0. The van der Waals surface area contributed by atoms with Crippen LogP contribution in [-0.4, -0.2) is 34.4 Å². The van der Waals surface area contributed by atoms with E-state index in [1.807, 2.05) is 0 Å². The average Bonchev–Trinajstić information content (AvgIpc) is 2.95. The van der Waals surface area contributed by atoms with E-state index in [2.05, 4.69) is 10.1 Å². The molecule has 5 nitrogen and oxygen atoms in total. The maximum absolute atomic E-state index is 12.5. The molecule has 0 saturated carbocycles. The molecule has 3 rings (SSSR count). The van der Waals surface area contributed by atoms with Gasteiger partial charge in [-0.2, -0.15) is 18.2 Å². The van der Waals surface area contributed by atoms with Gasteiger partial charge in [0, 0.05) is 5.56 Å². The van der Waals surface area contributed by atoms with Crippen LogP contribution in [0.5, 0.6) is 0 Å². The Labute approximate surface area is 130 Å². The molecule has 2 heterocycles. The van der Waals surface area contributed by atoms with Crippen molar-refractivity contribution in [3.63, 3.8) is 0 Å². The molecule has 1 unspecified atom stereocenters. The van der Waals surface area contributed by atoms with Crippen molar-refractivity contribution in [1.29, 1.82) is 0 Å². The van der Waals surface area contributed by atoms with E-state index in [0.717, 1.165) is 36.4 Å². The van der Waals surface area contributed by atoms with Crippen molar-refractivity contribution in [3.8, 4) is 11.4 Å². The maximum Gasteiger partial charge on any atom is 0.416 e. The van der Waals surface area contributed by atoms with E-state index >= 15 is 0 Å². The van der Waals surface area contributed by atoms with Gasteiger partial charge in [-0.25, -0.2) is 0 Å². The van der Waals surface area contributed by atoms with E-state index in [1.165, 1.54) is 12.1 Å². The molecule has 0 bridgehead atoms. The molecular weight excluding hydrogens is 311 g/mol. The summed E-state index contributed by atoms with van der Waals surface area (Å²) in [6, 6.07) is 4.65. The number of nitrogens with zero attached hydrogens (tertiary/aromatic N) is 2. The number of aliphatic hydroxyl groups excluding tert-OH is 1. The van der Waals surface area contributed by atoms with Crippen molar-refractivity contribution in [2.24, 2.45) is 0 Å². The van der Waals surface area contributed by atoms with Crippen LogP contribution in [0.1, 0.15) is 24.3 Å². The molecule has 23 heavy (non-hydrogen) atoms. The summed E-state index contributed by atoms with van der Waals surface area (Å²) >= 11 is 0. The Hall–Kier alpha value is -1.93. The van der Waals surface area contributed by atoms with Crippen LogP contribution < -0.4 is 4.90 Å². The van der Waals surface area contributed by atoms with Gasteiger partial charge in [-0.05, 0) is 25.0 Å². The van der Waals surface area contributed by atoms with Crippen molar-refractivity contribution in [2.75, 3.05) is 13.1 Å². The molecule has 0 spiro atoms. The second kappa shape index (κ2) is 6.29. The quantitative estimate of drug-likeness (QED) is 0.891. The molecule has 0 amide bonds. The standard InChI is InChI=1S/C15H16F3N3O2/c16-15(17,18)11-5-3-10(4-6-11)14-19-13(23-20-14)9-21-7-1-2-12(22)8-21/h3-6,12,22H,1-2,7-9H2/p+1/t12-/m0/s1. The van der Waals surface area contributed by atoms with E-state index in [-0.39, 0.29) is 11.9 Å². The highest BCUT2D eigenvalue weighted by Crippen LogP contribution is 2.30. The van der Waals surface area contributed by atoms with Gasteiger partial charge in [-0.15, -0.1) is 0 Å². The lowest BCUT2D eigenvalue weighted by atomic mass is 10.1. The summed E-state index contributed by atoms with van der Waals surface area (Å²) in [6.07, 6.45) is -2.92. The summed E-state index contributed by atoms with van der Waals surface area (Å²) in [6.45, 7) is 2.07. The number of likely N-dealkylation sites (tertiary alicyclic amines) is 1. The highest BCUT2D eigenvalue weighted by atomic mass is 19.4. The molecule has 1 fully saturated rings. The van der Waals surface area contributed by atoms with Crippen LogP contribution in [0.2, 0.25) is 0 Å². The first kappa shape index (κ1) is 15.9. The Morgan fingerprint density at radius 1 is 1.26 bits per heavy atom. The van der Waals surface area contributed by atoms with Crippen LogP contribution in [-0.2, 0) is 12.7 Å². The summed E-state index contributed by atoms with van der Waals surface area (Å²) in [5.41, 5.74) is -0.238. The Balaban J connectivity index is 1.69. The summed E-state index contributed by atoms with van der Waals surface area (Å²) in [5, 5.41) is 13.5. The second-order valence-electron chi connectivity index (χ2n) is 5.76. The summed E-state index contributed by atoms with van der Waals surface area (Å²) < 4.78 is 42.8. The predicted octanol–water partition coefficient (Wildman–Crippen LogP) is 1.29. The summed E-state index contributed by atoms with van der Waals surface area (Å²) in [4.78, 5) is 5.39. The van der Waals surface area contributed by atoms with E-state index in [1.54, 1.807) is 0 Å². The molecular formula is C15H17F3N3O2+. The molecule has 1 aromatic carbocycles. The molecule has 2 atom stereocenters. The van der Waals surface area contributed by atoms with E-state index in [9.17, 15) is 18.3 Å². The van der Waals surface area contributed by atoms with Gasteiger partial charge in [0.1, 0.15) is 12.6 Å². The normalized spacial score (nSPS) is 22.3. The van der Waals surface area contributed by atoms with Gasteiger partial charge in [0.05, 0.1) is 12.1 Å². The molecule has 0 radical (unpaired) electrons. The number of piperidine rings is 1. The van der Waals surface area contributed by atoms with Crippen LogP contribution in [0.4, 0.5) is 13.2 Å². The van der Waals surface area contributed by atoms with Crippen LogP contribution in [0, 0.1) is 0 Å². The zero-order valence-electron chi connectivity index (χ0n) is 12.3. The minimum absolute atomic E-state index is 0.269. The number of alkyl halides is 3. The Kier molecular flexibility index (Phi) is 4.36. The second-order valence-corrected chi connectivity index (χ2v) is 5.76. The number of aromatic nitrogens is 2. The lowest BCUT2D eigenvalue weighted by Gasteiger charge is -2.25. The highest BCUT2D eigenvalue weighted by Gasteiger charge is 2.30. The van der Waals surface area contributed by atoms with Crippen LogP contribution in [0.3, 0.4) is 0 Å². The van der Waals surface area contributed by atoms with Crippen molar-refractivity contribution < 1.29 is 27.7 Å². The molecule has 124 valence electrons. The lowest BCUT2D eigenvalue weighted by molar-refractivity contribution is -0.923. The van der Waals surface area contributed by atoms with E-state index < -0.39 is 11.7 Å². The van der Waals surface area contributed by atoms with Crippen molar-refractivity contribution >= 4 is 0 Å². The Morgan fingerprint density at radius 3 is 2.65 bits per heavy atom. The number of hydrogen-bond acceptors (Lipinski definition) is 4. The van der Waals surface area contributed by atoms with Gasteiger partial charge in [-0.1, -0.05) is 17.3 Å². The predicted molar refractivity (Wildman–Crippen MR) is 74.4 cm³/mol. The molecule has 1 aromatic heterocycles. The zero-order chi connectivity index (χ0) is 16.4. The van der Waals surface area contributed by atoms with Gasteiger partial charge in [0.15, 0.2) is 6.54 Å². The maximum atomic E-state index is 12.5. The Bertz CT molecular complexity index is 655. The van der Waals surface area contributed by atoms with Crippen molar-refractivity contribution in [3.05, 3.63) is 35.7 Å². The third-order valence-electron chi connectivity index (χ3n) is 3.93. The van der Waals surface area contributed by atoms with Crippen LogP contribution in [0.15, 0.2) is 28.8 Å². The number of benzene rings is 1. The number of halogens is 3. The molecule has 2 aromatic rings. The van der Waals surface area contributed by atoms with Gasteiger partial charge in [0.25, 0.3) is 5.89 Å². The van der Waals surface area contributed by atoms with Crippen molar-refractivity contribution in [2.45, 2.75) is 31.7 Å². The number of aliphatic hydroxyl groups is 1. The van der Waals surface area contributed by atoms with Crippen molar-refractivity contribution in [1.82, 2.24) is 10.1 Å². The smallest absolute Gasteiger partial charge is 0.387 e. The SMILES string of the molecule is O[C@H]1CCC[NH+](Cc2nc(-c3ccc(C(F)(F)F)cc3)no2)C1. The average molecular weight is 328 g/mol. The number of nitrogens with one attached hydrogen (secondary N) is 1. The first-order valence-electron chi connectivity index (χ1n) is 7.43. The molecule has 1 aliphatic heterocycles. The minimum Gasteiger partial charge on any atom is -0.387 e. The van der Waals surface area contributed by atoms with Crippen LogP contribution >= 0.6 is 0 Å². The van der Waals surface area contributed by atoms with Gasteiger partial charge in [-0.3, -0.25) is 0 Å². The monoisotopic (exact) mass is 328 g/mol. The number of quaternary nitrogens is 1. The Morgan fingerprint density at radius 2 is 2.00 bits per heavy atom. The third kappa shape index (κ3) is 3.89. The first-order valence-corrected chi connectivity index (χ1v) is 7.43. The fourth-order valence-corrected chi connectivity index (χ4v) is 2.75. The third-order valence-corrected chi connectivity index (χ3v) is 3.93. The van der Waals surface area contributed by atoms with E-state index in [0.29, 0.717) is 24.5 Å². The molecule has 8 heteroatoms. The van der Waals surface area contributed by atoms with E-state index in [4.69, 9.17) is 4.52 Å².